The molecule has 2 heterocycles. The summed E-state index contributed by atoms with van der Waals surface area (Å²) in [5.41, 5.74) is 2.57. The number of carbonyl (C=O) groups is 1. The van der Waals surface area contributed by atoms with Gasteiger partial charge in [0.25, 0.3) is 5.91 Å². The topological polar surface area (TPSA) is 41.6 Å². The first-order valence-corrected chi connectivity index (χ1v) is 7.42. The van der Waals surface area contributed by atoms with Gasteiger partial charge in [0.05, 0.1) is 5.69 Å². The minimum Gasteiger partial charge on any atom is -0.482 e. The van der Waals surface area contributed by atoms with Crippen LogP contribution in [0.2, 0.25) is 0 Å². The fourth-order valence-electron chi connectivity index (χ4n) is 3.20. The number of nitrogens with one attached hydrogen (secondary N) is 1. The second-order valence-electron chi connectivity index (χ2n) is 6.02. The number of hydrogen-bond acceptors (Lipinski definition) is 3. The molecule has 0 aliphatic carbocycles. The number of rotatable bonds is 4. The third-order valence-electron chi connectivity index (χ3n) is 4.70. The van der Waals surface area contributed by atoms with Crippen LogP contribution in [0.1, 0.15) is 32.3 Å². The molecule has 2 aliphatic rings. The molecule has 0 spiro atoms. The molecule has 1 fully saturated rings. The van der Waals surface area contributed by atoms with Crippen molar-refractivity contribution in [3.63, 3.8) is 0 Å². The monoisotopic (exact) mass is 274 g/mol. The molecule has 1 N–H and O–H groups in total. The lowest BCUT2D eigenvalue weighted by Crippen LogP contribution is -2.54. The summed E-state index contributed by atoms with van der Waals surface area (Å²) in [6.07, 6.45) is 2.52. The van der Waals surface area contributed by atoms with Gasteiger partial charge in [0.15, 0.2) is 6.61 Å². The van der Waals surface area contributed by atoms with E-state index in [9.17, 15) is 4.79 Å². The van der Waals surface area contributed by atoms with Crippen molar-refractivity contribution in [3.05, 3.63) is 23.8 Å². The summed E-state index contributed by atoms with van der Waals surface area (Å²) in [7, 11) is 0. The number of ether oxygens (including phenoxy) is 1. The second kappa shape index (κ2) is 5.09. The maximum atomic E-state index is 11.3. The van der Waals surface area contributed by atoms with Crippen LogP contribution < -0.4 is 10.1 Å². The molecule has 0 bridgehead atoms. The third-order valence-corrected chi connectivity index (χ3v) is 4.70. The Morgan fingerprint density at radius 2 is 2.05 bits per heavy atom. The summed E-state index contributed by atoms with van der Waals surface area (Å²) in [6.45, 7) is 8.00. The van der Waals surface area contributed by atoms with E-state index in [4.69, 9.17) is 4.74 Å². The second-order valence-corrected chi connectivity index (χ2v) is 6.02. The van der Waals surface area contributed by atoms with Crippen LogP contribution in [0.4, 0.5) is 5.69 Å². The standard InChI is InChI=1S/C16H22N2O2/c1-3-16(4-2)10-18(11-16)8-12-5-6-14-13(7-12)17-15(19)9-20-14/h5-7H,3-4,8-11H2,1-2H3,(H,17,19). The molecule has 1 saturated heterocycles. The minimum atomic E-state index is -0.0745. The summed E-state index contributed by atoms with van der Waals surface area (Å²) in [5.74, 6) is 0.697. The molecule has 4 heteroatoms. The highest BCUT2D eigenvalue weighted by atomic mass is 16.5. The van der Waals surface area contributed by atoms with E-state index in [0.717, 1.165) is 18.0 Å². The van der Waals surface area contributed by atoms with Crippen LogP contribution in [0, 0.1) is 5.41 Å². The molecule has 108 valence electrons. The predicted octanol–water partition coefficient (Wildman–Crippen LogP) is 2.64. The maximum absolute atomic E-state index is 11.3. The van der Waals surface area contributed by atoms with Crippen molar-refractivity contribution in [1.29, 1.82) is 0 Å². The molecule has 1 aromatic carbocycles. The zero-order chi connectivity index (χ0) is 14.2. The van der Waals surface area contributed by atoms with Crippen LogP contribution in [-0.4, -0.2) is 30.5 Å². The first kappa shape index (κ1) is 13.4. The number of hydrogen-bond donors (Lipinski definition) is 1. The van der Waals surface area contributed by atoms with Crippen LogP contribution in [0.25, 0.3) is 0 Å². The Bertz CT molecular complexity index is 515. The van der Waals surface area contributed by atoms with Gasteiger partial charge < -0.3 is 10.1 Å². The molecular weight excluding hydrogens is 252 g/mol. The first-order valence-electron chi connectivity index (χ1n) is 7.42. The highest BCUT2D eigenvalue weighted by Gasteiger charge is 2.39. The van der Waals surface area contributed by atoms with Gasteiger partial charge in [-0.3, -0.25) is 9.69 Å². The maximum Gasteiger partial charge on any atom is 0.262 e. The van der Waals surface area contributed by atoms with E-state index in [-0.39, 0.29) is 12.5 Å². The normalized spacial score (nSPS) is 20.6. The molecule has 0 aromatic heterocycles. The highest BCUT2D eigenvalue weighted by Crippen LogP contribution is 2.38. The molecule has 0 unspecified atom stereocenters. The Labute approximate surface area is 120 Å². The van der Waals surface area contributed by atoms with E-state index in [1.54, 1.807) is 0 Å². The summed E-state index contributed by atoms with van der Waals surface area (Å²) < 4.78 is 5.38. The SMILES string of the molecule is CCC1(CC)CN(Cc2ccc3c(c2)NC(=O)CO3)C1. The quantitative estimate of drug-likeness (QED) is 0.917. The first-order chi connectivity index (χ1) is 9.64. The van der Waals surface area contributed by atoms with E-state index in [1.807, 2.05) is 12.1 Å². The van der Waals surface area contributed by atoms with E-state index < -0.39 is 0 Å². The van der Waals surface area contributed by atoms with Gasteiger partial charge >= 0.3 is 0 Å². The number of likely N-dealkylation sites (tertiary alicyclic amines) is 1. The van der Waals surface area contributed by atoms with Crippen molar-refractivity contribution in [3.8, 4) is 5.75 Å². The Hall–Kier alpha value is -1.55. The Morgan fingerprint density at radius 3 is 2.75 bits per heavy atom. The van der Waals surface area contributed by atoms with Crippen LogP contribution in [0.3, 0.4) is 0 Å². The van der Waals surface area contributed by atoms with Crippen molar-refractivity contribution in [2.24, 2.45) is 5.41 Å². The minimum absolute atomic E-state index is 0.0745. The number of nitrogens with zero attached hydrogens (tertiary/aromatic N) is 1. The summed E-state index contributed by atoms with van der Waals surface area (Å²) in [4.78, 5) is 13.8. The molecule has 0 atom stereocenters. The summed E-state index contributed by atoms with van der Waals surface area (Å²) in [5, 5.41) is 2.87. The van der Waals surface area contributed by atoms with Gasteiger partial charge in [0.2, 0.25) is 0 Å². The van der Waals surface area contributed by atoms with Gasteiger partial charge in [-0.2, -0.15) is 0 Å². The molecule has 4 nitrogen and oxygen atoms in total. The van der Waals surface area contributed by atoms with E-state index >= 15 is 0 Å². The molecular formula is C16H22N2O2. The van der Waals surface area contributed by atoms with Gasteiger partial charge in [-0.05, 0) is 36.0 Å². The van der Waals surface area contributed by atoms with Gasteiger partial charge in [-0.25, -0.2) is 0 Å². The number of carbonyl (C=O) groups excluding carboxylic acids is 1. The van der Waals surface area contributed by atoms with Crippen molar-refractivity contribution in [1.82, 2.24) is 4.90 Å². The summed E-state index contributed by atoms with van der Waals surface area (Å²) >= 11 is 0. The molecule has 2 aliphatic heterocycles. The zero-order valence-corrected chi connectivity index (χ0v) is 12.2. The predicted molar refractivity (Wildman–Crippen MR) is 78.9 cm³/mol. The van der Waals surface area contributed by atoms with E-state index in [0.29, 0.717) is 5.41 Å². The van der Waals surface area contributed by atoms with Crippen molar-refractivity contribution in [2.45, 2.75) is 33.2 Å². The lowest BCUT2D eigenvalue weighted by molar-refractivity contribution is -0.118. The van der Waals surface area contributed by atoms with E-state index in [2.05, 4.69) is 30.1 Å². The molecule has 1 amide bonds. The average Bonchev–Trinajstić information content (AvgIpc) is 2.42. The van der Waals surface area contributed by atoms with Crippen molar-refractivity contribution >= 4 is 11.6 Å². The highest BCUT2D eigenvalue weighted by molar-refractivity contribution is 5.95. The van der Waals surface area contributed by atoms with Crippen LogP contribution in [-0.2, 0) is 11.3 Å². The Kier molecular flexibility index (Phi) is 3.42. The fourth-order valence-corrected chi connectivity index (χ4v) is 3.20. The van der Waals surface area contributed by atoms with Crippen molar-refractivity contribution in [2.75, 3.05) is 25.0 Å². The van der Waals surface area contributed by atoms with Gasteiger partial charge in [-0.1, -0.05) is 19.9 Å². The van der Waals surface area contributed by atoms with Crippen LogP contribution >= 0.6 is 0 Å². The number of benzene rings is 1. The summed E-state index contributed by atoms with van der Waals surface area (Å²) in [6, 6.07) is 6.08. The molecule has 20 heavy (non-hydrogen) atoms. The third kappa shape index (κ3) is 2.40. The van der Waals surface area contributed by atoms with Crippen LogP contribution in [0.5, 0.6) is 5.75 Å². The molecule has 0 saturated carbocycles. The zero-order valence-electron chi connectivity index (χ0n) is 12.2. The Balaban J connectivity index is 1.65. The number of amides is 1. The van der Waals surface area contributed by atoms with Gasteiger partial charge in [0, 0.05) is 19.6 Å². The van der Waals surface area contributed by atoms with Crippen LogP contribution in [0.15, 0.2) is 18.2 Å². The molecule has 3 rings (SSSR count). The average molecular weight is 274 g/mol. The Morgan fingerprint density at radius 1 is 1.30 bits per heavy atom. The van der Waals surface area contributed by atoms with Gasteiger partial charge in [0.1, 0.15) is 5.75 Å². The van der Waals surface area contributed by atoms with Crippen molar-refractivity contribution < 1.29 is 9.53 Å². The van der Waals surface area contributed by atoms with E-state index in [1.165, 1.54) is 31.5 Å². The number of anilines is 1. The molecule has 0 radical (unpaired) electrons. The lowest BCUT2D eigenvalue weighted by Gasteiger charge is -2.50. The largest absolute Gasteiger partial charge is 0.482 e. The smallest absolute Gasteiger partial charge is 0.262 e. The van der Waals surface area contributed by atoms with Gasteiger partial charge in [-0.15, -0.1) is 0 Å². The lowest BCUT2D eigenvalue weighted by atomic mass is 9.75. The molecule has 1 aromatic rings. The number of fused-ring (bicyclic) bond motifs is 1. The fraction of sp³-hybridized carbons (Fsp3) is 0.562.